The van der Waals surface area contributed by atoms with Crippen molar-refractivity contribution < 1.29 is 47.6 Å². The second-order valence-corrected chi connectivity index (χ2v) is 23.6. The van der Waals surface area contributed by atoms with Crippen molar-refractivity contribution in [3.63, 3.8) is 0 Å². The summed E-state index contributed by atoms with van der Waals surface area (Å²) >= 11 is 1.60. The molecule has 2 N–H and O–H groups in total. The van der Waals surface area contributed by atoms with Crippen LogP contribution in [-0.4, -0.2) is 108 Å². The predicted molar refractivity (Wildman–Crippen MR) is 254 cm³/mol. The van der Waals surface area contributed by atoms with Crippen LogP contribution in [0.15, 0.2) is 0 Å². The zero-order chi connectivity index (χ0) is 48.0. The fourth-order valence-corrected chi connectivity index (χ4v) is 12.0. The molecular formula is C51H89N3O10S. The minimum Gasteiger partial charge on any atom is -0.350 e. The number of likely N-dealkylation sites (tertiary alicyclic amines) is 1. The third-order valence-corrected chi connectivity index (χ3v) is 18.2. The molecule has 0 aromatic rings. The van der Waals surface area contributed by atoms with E-state index in [0.29, 0.717) is 61.9 Å². The van der Waals surface area contributed by atoms with Crippen molar-refractivity contribution in [2.45, 2.75) is 209 Å². The Morgan fingerprint density at radius 3 is 1.80 bits per heavy atom. The molecule has 1 aliphatic carbocycles. The van der Waals surface area contributed by atoms with Crippen molar-refractivity contribution in [3.8, 4) is 0 Å². The Kier molecular flexibility index (Phi) is 20.1. The van der Waals surface area contributed by atoms with Gasteiger partial charge in [0.05, 0.1) is 49.5 Å². The summed E-state index contributed by atoms with van der Waals surface area (Å²) in [6.07, 6.45) is 2.02. The summed E-state index contributed by atoms with van der Waals surface area (Å²) in [5, 5.41) is 5.83. The van der Waals surface area contributed by atoms with E-state index in [0.717, 1.165) is 6.42 Å². The van der Waals surface area contributed by atoms with Crippen molar-refractivity contribution in [2.24, 2.45) is 71.0 Å². The number of nitrogens with one attached hydrogen (secondary N) is 2. The highest BCUT2D eigenvalue weighted by Gasteiger charge is 2.48. The van der Waals surface area contributed by atoms with Gasteiger partial charge in [-0.1, -0.05) is 90.0 Å². The first-order valence-electron chi connectivity index (χ1n) is 25.5. The standard InChI is InChI=1S/C51H89N3O10S/c1-26(2)20-41-32(10)29(7)35(13)49(62-41)59-23-43-34(12)31(9)40(51(64-43)60-24-42-33(11)30(8)36(14)50(63-42)61-28(5)6)21-45(55)52-25-53-47(57)38-16-18-39(19-17-38)54-46(56)22-44(48(54)58)65-37(15)27(3)4/h26-44,49-51H,16-25H2,1-15H3,(H,52,55)(H,53,57)/t29-,30-,31-,32+,33+,34+,35?,36?,37+,38?,39?,40?,41?,42?,43?,44?,49-,50-,51-/m1/s1. The van der Waals surface area contributed by atoms with Crippen LogP contribution in [-0.2, 0) is 47.6 Å². The van der Waals surface area contributed by atoms with E-state index in [9.17, 15) is 19.2 Å². The second kappa shape index (κ2) is 24.2. The van der Waals surface area contributed by atoms with Gasteiger partial charge < -0.3 is 39.1 Å². The van der Waals surface area contributed by atoms with Gasteiger partial charge in [-0.15, -0.1) is 11.8 Å². The molecule has 5 rings (SSSR count). The maximum absolute atomic E-state index is 13.7. The first kappa shape index (κ1) is 54.1. The van der Waals surface area contributed by atoms with E-state index in [1.807, 2.05) is 13.8 Å². The highest BCUT2D eigenvalue weighted by molar-refractivity contribution is 8.01. The van der Waals surface area contributed by atoms with Crippen LogP contribution in [0.1, 0.15) is 149 Å². The highest BCUT2D eigenvalue weighted by atomic mass is 32.2. The van der Waals surface area contributed by atoms with E-state index in [-0.39, 0.29) is 145 Å². The lowest BCUT2D eigenvalue weighted by Crippen LogP contribution is -2.53. The summed E-state index contributed by atoms with van der Waals surface area (Å²) in [6.45, 7) is 33.3. The van der Waals surface area contributed by atoms with Crippen molar-refractivity contribution in [1.82, 2.24) is 15.5 Å². The van der Waals surface area contributed by atoms with Gasteiger partial charge in [-0.25, -0.2) is 0 Å². The topological polar surface area (TPSA) is 151 Å². The highest BCUT2D eigenvalue weighted by Crippen LogP contribution is 2.43. The number of thioether (sulfide) groups is 1. The largest absolute Gasteiger partial charge is 0.350 e. The lowest BCUT2D eigenvalue weighted by atomic mass is 9.76. The summed E-state index contributed by atoms with van der Waals surface area (Å²) in [5.74, 6) is 1.89. The first-order valence-corrected chi connectivity index (χ1v) is 26.4. The van der Waals surface area contributed by atoms with E-state index < -0.39 is 6.29 Å². The molecule has 4 amide bonds. The number of hydrogen-bond donors (Lipinski definition) is 2. The molecule has 0 spiro atoms. The van der Waals surface area contributed by atoms with E-state index in [1.54, 1.807) is 11.8 Å². The normalized spacial score (nSPS) is 39.9. The number of ether oxygens (including phenoxy) is 6. The Bertz CT molecular complexity index is 1560. The smallest absolute Gasteiger partial charge is 0.243 e. The zero-order valence-electron chi connectivity index (χ0n) is 42.7. The molecule has 1 saturated carbocycles. The molecule has 4 saturated heterocycles. The SMILES string of the molecule is CC(C)CC1O[C@@H](OCC2O[C@@H](OCC3O[C@@H](OC(C)C)C(C)[C@H](C)[C@@H]3C)C(CC(=O)NCNC(=O)C3CCC(N4C(=O)CC(S[C@@H](C)C(C)C)C4=O)CC3)[C@H](C)[C@@H]2C)C(C)[C@H](C)[C@@H]1C. The van der Waals surface area contributed by atoms with Gasteiger partial charge in [-0.2, -0.15) is 0 Å². The van der Waals surface area contributed by atoms with Crippen LogP contribution in [0.2, 0.25) is 0 Å². The molecule has 4 aliphatic heterocycles. The summed E-state index contributed by atoms with van der Waals surface area (Å²) in [7, 11) is 0. The summed E-state index contributed by atoms with van der Waals surface area (Å²) in [6, 6.07) is -0.171. The third kappa shape index (κ3) is 13.7. The van der Waals surface area contributed by atoms with E-state index in [4.69, 9.17) is 28.4 Å². The second-order valence-electron chi connectivity index (χ2n) is 22.1. The van der Waals surface area contributed by atoms with Gasteiger partial charge in [-0.05, 0) is 93.3 Å². The summed E-state index contributed by atoms with van der Waals surface area (Å²) < 4.78 is 39.6. The molecule has 7 unspecified atom stereocenters. The Hall–Kier alpha value is -1.81. The van der Waals surface area contributed by atoms with Gasteiger partial charge in [0, 0.05) is 47.8 Å². The maximum atomic E-state index is 13.7. The molecule has 5 fully saturated rings. The average Bonchev–Trinajstić information content (AvgIpc) is 3.53. The molecule has 13 nitrogen and oxygen atoms in total. The van der Waals surface area contributed by atoms with Crippen molar-refractivity contribution >= 4 is 35.4 Å². The predicted octanol–water partition coefficient (Wildman–Crippen LogP) is 8.41. The monoisotopic (exact) mass is 936 g/mol. The van der Waals surface area contributed by atoms with Crippen molar-refractivity contribution in [3.05, 3.63) is 0 Å². The number of hydrogen-bond acceptors (Lipinski definition) is 11. The van der Waals surface area contributed by atoms with Crippen LogP contribution in [0, 0.1) is 71.0 Å². The van der Waals surface area contributed by atoms with Crippen molar-refractivity contribution in [1.29, 1.82) is 0 Å². The van der Waals surface area contributed by atoms with Gasteiger partial charge in [-0.3, -0.25) is 24.1 Å². The zero-order valence-corrected chi connectivity index (χ0v) is 43.5. The summed E-state index contributed by atoms with van der Waals surface area (Å²) in [4.78, 5) is 54.8. The lowest BCUT2D eigenvalue weighted by molar-refractivity contribution is -0.308. The van der Waals surface area contributed by atoms with Gasteiger partial charge in [0.25, 0.3) is 0 Å². The minimum atomic E-state index is -0.695. The van der Waals surface area contributed by atoms with Gasteiger partial charge in [0.2, 0.25) is 23.6 Å². The lowest BCUT2D eigenvalue weighted by Gasteiger charge is -2.47. The fourth-order valence-electron chi connectivity index (χ4n) is 10.7. The van der Waals surface area contributed by atoms with Gasteiger partial charge in [0.15, 0.2) is 18.9 Å². The van der Waals surface area contributed by atoms with E-state index in [1.165, 1.54) is 4.90 Å². The maximum Gasteiger partial charge on any atom is 0.243 e. The minimum absolute atomic E-state index is 0.00227. The van der Waals surface area contributed by atoms with Crippen molar-refractivity contribution in [2.75, 3.05) is 19.9 Å². The van der Waals surface area contributed by atoms with Gasteiger partial charge in [0.1, 0.15) is 0 Å². The van der Waals surface area contributed by atoms with E-state index >= 15 is 0 Å². The van der Waals surface area contributed by atoms with Crippen LogP contribution in [0.25, 0.3) is 0 Å². The molecule has 4 heterocycles. The molecule has 0 radical (unpaired) electrons. The number of carbonyl (C=O) groups is 4. The molecule has 0 aromatic carbocycles. The Morgan fingerprint density at radius 1 is 0.677 bits per heavy atom. The Balaban J connectivity index is 1.18. The number of amides is 4. The molecule has 0 aromatic heterocycles. The van der Waals surface area contributed by atoms with Crippen LogP contribution >= 0.6 is 11.8 Å². The van der Waals surface area contributed by atoms with Crippen LogP contribution in [0.3, 0.4) is 0 Å². The number of carbonyl (C=O) groups excluding carboxylic acids is 4. The number of imide groups is 1. The molecule has 17 atom stereocenters. The fraction of sp³-hybridized carbons (Fsp3) is 0.922. The third-order valence-electron chi connectivity index (χ3n) is 16.5. The number of nitrogens with zero attached hydrogens (tertiary/aromatic N) is 1. The Morgan fingerprint density at radius 2 is 1.22 bits per heavy atom. The van der Waals surface area contributed by atoms with Gasteiger partial charge >= 0.3 is 0 Å². The molecule has 65 heavy (non-hydrogen) atoms. The first-order chi connectivity index (χ1) is 30.6. The average molecular weight is 936 g/mol. The van der Waals surface area contributed by atoms with E-state index in [2.05, 4.69) is 101 Å². The molecule has 374 valence electrons. The van der Waals surface area contributed by atoms with Crippen LogP contribution in [0.4, 0.5) is 0 Å². The van der Waals surface area contributed by atoms with Crippen LogP contribution < -0.4 is 10.6 Å². The molecular weight excluding hydrogens is 847 g/mol. The summed E-state index contributed by atoms with van der Waals surface area (Å²) in [5.41, 5.74) is 0. The van der Waals surface area contributed by atoms with Crippen LogP contribution in [0.5, 0.6) is 0 Å². The Labute approximate surface area is 396 Å². The molecule has 14 heteroatoms. The quantitative estimate of drug-likeness (QED) is 0.0950. The number of rotatable bonds is 19. The molecule has 5 aliphatic rings. The molecule has 0 bridgehead atoms.